The number of nitrogen functional groups attached to an aromatic ring is 1. The van der Waals surface area contributed by atoms with E-state index in [9.17, 15) is 0 Å². The summed E-state index contributed by atoms with van der Waals surface area (Å²) in [6.07, 6.45) is 4.14. The maximum atomic E-state index is 6.17. The van der Waals surface area contributed by atoms with Crippen LogP contribution in [0, 0.1) is 0 Å². The van der Waals surface area contributed by atoms with Gasteiger partial charge in [0.25, 0.3) is 0 Å². The summed E-state index contributed by atoms with van der Waals surface area (Å²) in [6, 6.07) is 22.2. The first-order chi connectivity index (χ1) is 12.2. The molecule has 0 atom stereocenters. The van der Waals surface area contributed by atoms with E-state index in [2.05, 4.69) is 40.0 Å². The Bertz CT molecular complexity index is 980. The molecule has 0 spiro atoms. The number of nitrogens with two attached hydrogens (primary N) is 1. The van der Waals surface area contributed by atoms with Gasteiger partial charge in [0.2, 0.25) is 0 Å². The van der Waals surface area contributed by atoms with Crippen LogP contribution >= 0.6 is 0 Å². The molecular weight excluding hydrogens is 371 g/mol. The molecule has 4 heteroatoms. The molecule has 1 heterocycles. The molecule has 2 radical (unpaired) electrons. The van der Waals surface area contributed by atoms with Gasteiger partial charge in [0.1, 0.15) is 0 Å². The van der Waals surface area contributed by atoms with Gasteiger partial charge in [0.15, 0.2) is 0 Å². The van der Waals surface area contributed by atoms with Crippen LogP contribution < -0.4 is 15.4 Å². The number of ether oxygens (including phenoxy) is 1. The molecule has 0 aromatic heterocycles. The molecule has 3 nitrogen and oxygen atoms in total. The van der Waals surface area contributed by atoms with Crippen LogP contribution in [0.1, 0.15) is 0 Å². The van der Waals surface area contributed by atoms with Crippen molar-refractivity contribution in [3.63, 3.8) is 0 Å². The van der Waals surface area contributed by atoms with Gasteiger partial charge in [-0.2, -0.15) is 0 Å². The second kappa shape index (κ2) is 6.70. The van der Waals surface area contributed by atoms with Gasteiger partial charge in [-0.15, -0.1) is 0 Å². The van der Waals surface area contributed by atoms with Gasteiger partial charge in [-0.05, 0) is 0 Å². The minimum absolute atomic E-state index is 0.763. The van der Waals surface area contributed by atoms with E-state index in [-0.39, 0.29) is 0 Å². The molecular formula is C21H17AsN2O. The van der Waals surface area contributed by atoms with Gasteiger partial charge in [0, 0.05) is 0 Å². The monoisotopic (exact) mass is 388 g/mol. The van der Waals surface area contributed by atoms with Crippen molar-refractivity contribution < 1.29 is 4.74 Å². The average molecular weight is 388 g/mol. The molecule has 0 amide bonds. The molecule has 4 rings (SSSR count). The van der Waals surface area contributed by atoms with Crippen LogP contribution in [0.2, 0.25) is 0 Å². The van der Waals surface area contributed by atoms with Crippen LogP contribution in [0.15, 0.2) is 89.1 Å². The van der Waals surface area contributed by atoms with Gasteiger partial charge in [-0.1, -0.05) is 0 Å². The van der Waals surface area contributed by atoms with E-state index in [1.54, 1.807) is 0 Å². The predicted molar refractivity (Wildman–Crippen MR) is 105 cm³/mol. The zero-order chi connectivity index (χ0) is 17.2. The van der Waals surface area contributed by atoms with E-state index in [1.807, 2.05) is 60.7 Å². The fourth-order valence-electron chi connectivity index (χ4n) is 2.97. The second-order valence-electron chi connectivity index (χ2n) is 5.86. The third kappa shape index (κ3) is 3.16. The van der Waals surface area contributed by atoms with Gasteiger partial charge in [-0.25, -0.2) is 0 Å². The van der Waals surface area contributed by atoms with Gasteiger partial charge < -0.3 is 0 Å². The first kappa shape index (κ1) is 15.9. The van der Waals surface area contributed by atoms with Gasteiger partial charge in [0.05, 0.1) is 0 Å². The van der Waals surface area contributed by atoms with E-state index >= 15 is 0 Å². The number of rotatable bonds is 3. The number of nitrogens with zero attached hydrogens (tertiary/aromatic N) is 1. The number of allylic oxidation sites excluding steroid dienone is 1. The molecule has 0 bridgehead atoms. The van der Waals surface area contributed by atoms with Crippen molar-refractivity contribution in [3.8, 4) is 5.75 Å². The fraction of sp³-hybridized carbons (Fsp3) is 0.0476. The molecule has 1 aliphatic rings. The van der Waals surface area contributed by atoms with Crippen molar-refractivity contribution in [2.24, 2.45) is 0 Å². The van der Waals surface area contributed by atoms with Crippen molar-refractivity contribution in [3.05, 3.63) is 89.1 Å². The first-order valence-electron chi connectivity index (χ1n) is 8.11. The van der Waals surface area contributed by atoms with Crippen molar-refractivity contribution in [2.45, 2.75) is 0 Å². The zero-order valence-corrected chi connectivity index (χ0v) is 15.5. The topological polar surface area (TPSA) is 38.5 Å². The van der Waals surface area contributed by atoms with Crippen LogP contribution in [0.4, 0.5) is 11.4 Å². The van der Waals surface area contributed by atoms with Crippen LogP contribution in [0.25, 0.3) is 10.8 Å². The summed E-state index contributed by atoms with van der Waals surface area (Å²) in [5, 5.41) is 2.04. The third-order valence-electron chi connectivity index (χ3n) is 4.24. The molecule has 0 aliphatic carbocycles. The fourth-order valence-corrected chi connectivity index (χ4v) is 3.65. The normalized spacial score (nSPS) is 14.2. The molecule has 0 fully saturated rings. The Morgan fingerprint density at radius 1 is 0.880 bits per heavy atom. The molecule has 2 N–H and O–H groups in total. The number of para-hydroxylation sites is 1. The summed E-state index contributed by atoms with van der Waals surface area (Å²) in [4.78, 5) is 2.23. The molecule has 3 aromatic rings. The van der Waals surface area contributed by atoms with Crippen LogP contribution in [-0.4, -0.2) is 23.4 Å². The van der Waals surface area contributed by atoms with E-state index in [4.69, 9.17) is 10.5 Å². The van der Waals surface area contributed by atoms with Crippen molar-refractivity contribution in [1.82, 2.24) is 0 Å². The molecule has 1 aliphatic heterocycles. The van der Waals surface area contributed by atoms with Crippen LogP contribution in [0.3, 0.4) is 0 Å². The van der Waals surface area contributed by atoms with Crippen molar-refractivity contribution in [1.29, 1.82) is 0 Å². The molecule has 0 saturated carbocycles. The summed E-state index contributed by atoms with van der Waals surface area (Å²) in [6.45, 7) is 0.771. The Hall–Kier alpha value is -2.64. The molecule has 3 aromatic carbocycles. The predicted octanol–water partition coefficient (Wildman–Crippen LogP) is 4.21. The Kier molecular flexibility index (Phi) is 4.25. The summed E-state index contributed by atoms with van der Waals surface area (Å²) >= 11 is 2.62. The van der Waals surface area contributed by atoms with Crippen molar-refractivity contribution >= 4 is 39.0 Å². The summed E-state index contributed by atoms with van der Waals surface area (Å²) < 4.78 is 7.26. The quantitative estimate of drug-likeness (QED) is 0.540. The summed E-state index contributed by atoms with van der Waals surface area (Å²) in [5.74, 6) is 1.67. The Morgan fingerprint density at radius 3 is 2.36 bits per heavy atom. The minimum atomic E-state index is 0.763. The second-order valence-corrected chi connectivity index (χ2v) is 6.82. The standard InChI is InChI=1S/C21H17AsN2O/c22-21-14-16(12-13-24(21)15-6-2-1-3-7-15)25-20-11-10-19(23)17-8-4-5-9-18(17)20/h1-12,14H,13,23H2. The average Bonchev–Trinajstić information content (AvgIpc) is 2.65. The van der Waals surface area contributed by atoms with E-state index in [1.165, 1.54) is 5.69 Å². The van der Waals surface area contributed by atoms with Gasteiger partial charge >= 0.3 is 156 Å². The van der Waals surface area contributed by atoms with Crippen LogP contribution in [-0.2, 0) is 0 Å². The Balaban J connectivity index is 1.61. The Labute approximate surface area is 155 Å². The molecule has 122 valence electrons. The maximum absolute atomic E-state index is 6.17. The number of hydrogen-bond donors (Lipinski definition) is 1. The molecule has 0 unspecified atom stereocenters. The van der Waals surface area contributed by atoms with Crippen LogP contribution in [0.5, 0.6) is 5.75 Å². The van der Waals surface area contributed by atoms with E-state index < -0.39 is 0 Å². The number of benzene rings is 3. The molecule has 25 heavy (non-hydrogen) atoms. The summed E-state index contributed by atoms with van der Waals surface area (Å²) in [7, 11) is 0. The number of fused-ring (bicyclic) bond motifs is 1. The number of hydrogen-bond acceptors (Lipinski definition) is 3. The van der Waals surface area contributed by atoms with E-state index in [0.717, 1.165) is 39.0 Å². The summed E-state index contributed by atoms with van der Waals surface area (Å²) in [5.41, 5.74) is 8.00. The SMILES string of the molecule is Nc1ccc(OC2=CCN(c3ccccc3)C([As])=C2)c2ccccc12. The van der Waals surface area contributed by atoms with Gasteiger partial charge in [-0.3, -0.25) is 0 Å². The molecule has 0 saturated heterocycles. The zero-order valence-electron chi connectivity index (χ0n) is 13.6. The Morgan fingerprint density at radius 2 is 1.60 bits per heavy atom. The van der Waals surface area contributed by atoms with Crippen molar-refractivity contribution in [2.75, 3.05) is 17.2 Å². The first-order valence-corrected chi connectivity index (χ1v) is 9.05. The number of anilines is 2. The van der Waals surface area contributed by atoms with E-state index in [0.29, 0.717) is 0 Å². The third-order valence-corrected chi connectivity index (χ3v) is 5.01.